The number of nitrogens with zero attached hydrogens (tertiary/aromatic N) is 7. The summed E-state index contributed by atoms with van der Waals surface area (Å²) in [5, 5.41) is 8.36. The molecule has 0 unspecified atom stereocenters. The van der Waals surface area contributed by atoms with Crippen LogP contribution in [0.5, 0.6) is 5.75 Å². The summed E-state index contributed by atoms with van der Waals surface area (Å²) >= 11 is 0. The van der Waals surface area contributed by atoms with Gasteiger partial charge in [0.05, 0.1) is 13.3 Å². The molecular weight excluding hydrogens is 358 g/mol. The van der Waals surface area contributed by atoms with Gasteiger partial charge in [-0.3, -0.25) is 4.79 Å². The van der Waals surface area contributed by atoms with Gasteiger partial charge in [0.15, 0.2) is 5.82 Å². The maximum atomic E-state index is 10.9. The van der Waals surface area contributed by atoms with Crippen molar-refractivity contribution in [2.75, 3.05) is 74.2 Å². The van der Waals surface area contributed by atoms with E-state index in [1.54, 1.807) is 18.2 Å². The van der Waals surface area contributed by atoms with Gasteiger partial charge >= 0.3 is 0 Å². The fourth-order valence-corrected chi connectivity index (χ4v) is 3.59. The predicted molar refractivity (Wildman–Crippen MR) is 107 cm³/mol. The van der Waals surface area contributed by atoms with E-state index in [9.17, 15) is 4.79 Å². The molecule has 0 atom stereocenters. The van der Waals surface area contributed by atoms with E-state index < -0.39 is 0 Å². The minimum atomic E-state index is 0.639. The summed E-state index contributed by atoms with van der Waals surface area (Å²) < 4.78 is 5.23. The number of piperazine rings is 2. The van der Waals surface area contributed by atoms with Gasteiger partial charge in [0.25, 0.3) is 0 Å². The lowest BCUT2D eigenvalue weighted by Crippen LogP contribution is -2.48. The summed E-state index contributed by atoms with van der Waals surface area (Å²) in [6, 6.07) is 8.18. The van der Waals surface area contributed by atoms with Gasteiger partial charge in [-0.15, -0.1) is 5.10 Å². The summed E-state index contributed by atoms with van der Waals surface area (Å²) in [6.07, 6.45) is 2.63. The van der Waals surface area contributed by atoms with Crippen molar-refractivity contribution in [1.82, 2.24) is 20.1 Å². The van der Waals surface area contributed by atoms with Gasteiger partial charge in [-0.2, -0.15) is 10.1 Å². The van der Waals surface area contributed by atoms with Crippen LogP contribution in [-0.4, -0.2) is 86.0 Å². The number of rotatable bonds is 5. The number of methoxy groups -OCH3 is 1. The van der Waals surface area contributed by atoms with E-state index in [4.69, 9.17) is 9.72 Å². The Kier molecular flexibility index (Phi) is 5.41. The van der Waals surface area contributed by atoms with Crippen LogP contribution in [0.2, 0.25) is 0 Å². The van der Waals surface area contributed by atoms with Crippen LogP contribution < -0.4 is 19.4 Å². The highest BCUT2D eigenvalue weighted by Crippen LogP contribution is 2.22. The molecule has 1 aromatic carbocycles. The number of carbonyl (C=O) groups is 1. The molecule has 0 saturated carbocycles. The van der Waals surface area contributed by atoms with Gasteiger partial charge in [-0.1, -0.05) is 0 Å². The summed E-state index contributed by atoms with van der Waals surface area (Å²) in [6.45, 7) is 6.44. The van der Waals surface area contributed by atoms with Crippen LogP contribution in [-0.2, 0) is 4.79 Å². The zero-order valence-electron chi connectivity index (χ0n) is 16.1. The van der Waals surface area contributed by atoms with E-state index in [1.807, 2.05) is 12.1 Å². The number of carbonyl (C=O) groups excluding carboxylic acids is 1. The Bertz CT molecular complexity index is 785. The maximum Gasteiger partial charge on any atom is 0.247 e. The highest BCUT2D eigenvalue weighted by atomic mass is 16.5. The number of aromatic nitrogens is 3. The molecule has 28 heavy (non-hydrogen) atoms. The van der Waals surface area contributed by atoms with Crippen LogP contribution in [0.4, 0.5) is 17.5 Å². The lowest BCUT2D eigenvalue weighted by Gasteiger charge is -2.37. The molecule has 9 nitrogen and oxygen atoms in total. The van der Waals surface area contributed by atoms with Crippen LogP contribution in [0.1, 0.15) is 0 Å². The molecule has 0 aliphatic carbocycles. The van der Waals surface area contributed by atoms with Crippen LogP contribution in [0.3, 0.4) is 0 Å². The molecule has 2 fully saturated rings. The normalized spacial score (nSPS) is 17.6. The van der Waals surface area contributed by atoms with Crippen molar-refractivity contribution in [3.63, 3.8) is 0 Å². The molecule has 2 aliphatic rings. The van der Waals surface area contributed by atoms with E-state index in [-0.39, 0.29) is 0 Å². The highest BCUT2D eigenvalue weighted by molar-refractivity contribution is 5.52. The third-order valence-electron chi connectivity index (χ3n) is 5.32. The van der Waals surface area contributed by atoms with Crippen molar-refractivity contribution >= 4 is 23.9 Å². The molecule has 3 heterocycles. The third-order valence-corrected chi connectivity index (χ3v) is 5.32. The Morgan fingerprint density at radius 2 is 1.54 bits per heavy atom. The minimum absolute atomic E-state index is 0.639. The molecule has 2 aromatic rings. The Balaban J connectivity index is 1.37. The van der Waals surface area contributed by atoms with Gasteiger partial charge in [0.1, 0.15) is 5.75 Å². The van der Waals surface area contributed by atoms with E-state index in [2.05, 4.69) is 37.0 Å². The van der Waals surface area contributed by atoms with Gasteiger partial charge in [-0.25, -0.2) is 0 Å². The zero-order chi connectivity index (χ0) is 19.3. The van der Waals surface area contributed by atoms with Crippen LogP contribution >= 0.6 is 0 Å². The second kappa shape index (κ2) is 8.28. The third kappa shape index (κ3) is 3.92. The topological polar surface area (TPSA) is 77.9 Å². The lowest BCUT2D eigenvalue weighted by molar-refractivity contribution is -0.118. The van der Waals surface area contributed by atoms with Crippen LogP contribution in [0, 0.1) is 0 Å². The monoisotopic (exact) mass is 383 g/mol. The molecule has 2 aliphatic heterocycles. The zero-order valence-corrected chi connectivity index (χ0v) is 16.1. The van der Waals surface area contributed by atoms with Gasteiger partial charge < -0.3 is 24.3 Å². The number of ether oxygens (including phenoxy) is 1. The molecule has 9 heteroatoms. The van der Waals surface area contributed by atoms with E-state index in [1.165, 1.54) is 5.69 Å². The standard InChI is InChI=1S/C19H25N7O2/c1-28-17-4-2-16(3-5-17)24-10-12-25(13-11-24)18-14-20-22-19(21-18)26-8-6-23(15-27)7-9-26/h2-5,14-15H,6-13H2,1H3. The molecular formula is C19H25N7O2. The molecule has 0 radical (unpaired) electrons. The first-order valence-corrected chi connectivity index (χ1v) is 9.55. The second-order valence-corrected chi connectivity index (χ2v) is 6.92. The molecule has 4 rings (SSSR count). The molecule has 0 spiro atoms. The average molecular weight is 383 g/mol. The fraction of sp³-hybridized carbons (Fsp3) is 0.474. The second-order valence-electron chi connectivity index (χ2n) is 6.92. The van der Waals surface area contributed by atoms with Crippen molar-refractivity contribution in [2.45, 2.75) is 0 Å². The molecule has 1 amide bonds. The Morgan fingerprint density at radius 3 is 2.18 bits per heavy atom. The van der Waals surface area contributed by atoms with Gasteiger partial charge in [0.2, 0.25) is 12.4 Å². The minimum Gasteiger partial charge on any atom is -0.497 e. The van der Waals surface area contributed by atoms with E-state index >= 15 is 0 Å². The number of hydrogen-bond donors (Lipinski definition) is 0. The molecule has 0 N–H and O–H groups in total. The molecule has 148 valence electrons. The lowest BCUT2D eigenvalue weighted by atomic mass is 10.2. The van der Waals surface area contributed by atoms with Crippen molar-refractivity contribution in [3.8, 4) is 5.75 Å². The van der Waals surface area contributed by atoms with E-state index in [0.29, 0.717) is 19.0 Å². The van der Waals surface area contributed by atoms with Crippen LogP contribution in [0.25, 0.3) is 0 Å². The Morgan fingerprint density at radius 1 is 0.893 bits per heavy atom. The smallest absolute Gasteiger partial charge is 0.247 e. The van der Waals surface area contributed by atoms with Crippen molar-refractivity contribution in [1.29, 1.82) is 0 Å². The van der Waals surface area contributed by atoms with Crippen LogP contribution in [0.15, 0.2) is 30.5 Å². The summed E-state index contributed by atoms with van der Waals surface area (Å²) in [5.41, 5.74) is 1.20. The molecule has 0 bridgehead atoms. The first kappa shape index (κ1) is 18.3. The number of amides is 1. The fourth-order valence-electron chi connectivity index (χ4n) is 3.59. The maximum absolute atomic E-state index is 10.9. The van der Waals surface area contributed by atoms with Gasteiger partial charge in [0, 0.05) is 58.0 Å². The number of anilines is 3. The highest BCUT2D eigenvalue weighted by Gasteiger charge is 2.22. The summed E-state index contributed by atoms with van der Waals surface area (Å²) in [4.78, 5) is 24.1. The quantitative estimate of drug-likeness (QED) is 0.690. The van der Waals surface area contributed by atoms with Crippen molar-refractivity contribution in [3.05, 3.63) is 30.5 Å². The summed E-state index contributed by atoms with van der Waals surface area (Å²) in [5.74, 6) is 2.37. The Hall–Kier alpha value is -3.10. The first-order valence-electron chi connectivity index (χ1n) is 9.55. The number of hydrogen-bond acceptors (Lipinski definition) is 8. The summed E-state index contributed by atoms with van der Waals surface area (Å²) in [7, 11) is 1.68. The first-order chi connectivity index (χ1) is 13.8. The van der Waals surface area contributed by atoms with Crippen molar-refractivity contribution in [2.24, 2.45) is 0 Å². The molecule has 1 aromatic heterocycles. The van der Waals surface area contributed by atoms with Gasteiger partial charge in [-0.05, 0) is 24.3 Å². The van der Waals surface area contributed by atoms with E-state index in [0.717, 1.165) is 57.2 Å². The number of benzene rings is 1. The predicted octanol–water partition coefficient (Wildman–Crippen LogP) is 0.485. The van der Waals surface area contributed by atoms with Crippen molar-refractivity contribution < 1.29 is 9.53 Å². The average Bonchev–Trinajstić information content (AvgIpc) is 2.79. The SMILES string of the molecule is COc1ccc(N2CCN(c3cnnc(N4CCN(C=O)CC4)n3)CC2)cc1. The largest absolute Gasteiger partial charge is 0.497 e. The molecule has 2 saturated heterocycles. The Labute approximate surface area is 164 Å².